The lowest BCUT2D eigenvalue weighted by Crippen LogP contribution is -2.14. The van der Waals surface area contributed by atoms with E-state index in [4.69, 9.17) is 5.11 Å². The summed E-state index contributed by atoms with van der Waals surface area (Å²) < 4.78 is 4.33. The molecule has 0 aromatic heterocycles. The molecular formula is C7H12O3. The van der Waals surface area contributed by atoms with Crippen LogP contribution in [0.1, 0.15) is 13.3 Å². The molecule has 0 amide bonds. The zero-order valence-corrected chi connectivity index (χ0v) is 6.26. The van der Waals surface area contributed by atoms with Crippen LogP contribution in [0.3, 0.4) is 0 Å². The summed E-state index contributed by atoms with van der Waals surface area (Å²) in [5.74, 6) is -0.421. The van der Waals surface area contributed by atoms with Gasteiger partial charge in [0.1, 0.15) is 0 Å². The van der Waals surface area contributed by atoms with E-state index in [1.165, 1.54) is 7.11 Å². The fourth-order valence-corrected chi connectivity index (χ4v) is 0.415. The average Bonchev–Trinajstić information content (AvgIpc) is 1.87. The molecule has 3 nitrogen and oxygen atoms in total. The fraction of sp³-hybridized carbons (Fsp3) is 0.571. The number of hydrogen-bond acceptors (Lipinski definition) is 3. The lowest BCUT2D eigenvalue weighted by Gasteiger charge is -2.06. The zero-order chi connectivity index (χ0) is 8.15. The fourth-order valence-electron chi connectivity index (χ4n) is 0.415. The summed E-state index contributed by atoms with van der Waals surface area (Å²) in [6.45, 7) is 5.14. The summed E-state index contributed by atoms with van der Waals surface area (Å²) >= 11 is 0. The molecule has 0 bridgehead atoms. The summed E-state index contributed by atoms with van der Waals surface area (Å²) in [7, 11) is 1.29. The Morgan fingerprint density at radius 1 is 1.80 bits per heavy atom. The number of ether oxygens (including phenoxy) is 1. The van der Waals surface area contributed by atoms with E-state index in [0.717, 1.165) is 0 Å². The quantitative estimate of drug-likeness (QED) is 0.463. The third-order valence-electron chi connectivity index (χ3n) is 1.16. The van der Waals surface area contributed by atoms with Crippen LogP contribution in [0, 0.1) is 0 Å². The SMILES string of the molecule is C=C(C)[C@@H](O)CC(=O)OC. The smallest absolute Gasteiger partial charge is 0.308 e. The van der Waals surface area contributed by atoms with Crippen molar-refractivity contribution in [3.63, 3.8) is 0 Å². The van der Waals surface area contributed by atoms with Gasteiger partial charge in [0, 0.05) is 0 Å². The highest BCUT2D eigenvalue weighted by Gasteiger charge is 2.10. The minimum atomic E-state index is -0.771. The van der Waals surface area contributed by atoms with E-state index in [1.807, 2.05) is 0 Å². The number of rotatable bonds is 3. The van der Waals surface area contributed by atoms with Crippen molar-refractivity contribution in [2.45, 2.75) is 19.4 Å². The summed E-state index contributed by atoms with van der Waals surface area (Å²) in [6, 6.07) is 0. The maximum Gasteiger partial charge on any atom is 0.308 e. The monoisotopic (exact) mass is 144 g/mol. The molecule has 0 unspecified atom stereocenters. The van der Waals surface area contributed by atoms with Gasteiger partial charge in [0.2, 0.25) is 0 Å². The van der Waals surface area contributed by atoms with Gasteiger partial charge in [-0.05, 0) is 6.92 Å². The summed E-state index contributed by atoms with van der Waals surface area (Å²) in [5, 5.41) is 9.03. The second-order valence-electron chi connectivity index (χ2n) is 2.14. The topological polar surface area (TPSA) is 46.5 Å². The molecule has 0 aliphatic rings. The van der Waals surface area contributed by atoms with Crippen molar-refractivity contribution in [2.75, 3.05) is 7.11 Å². The lowest BCUT2D eigenvalue weighted by atomic mass is 10.1. The van der Waals surface area contributed by atoms with Crippen LogP contribution in [-0.4, -0.2) is 24.3 Å². The lowest BCUT2D eigenvalue weighted by molar-refractivity contribution is -0.142. The molecule has 1 N–H and O–H groups in total. The number of aliphatic hydroxyl groups excluding tert-OH is 1. The van der Waals surface area contributed by atoms with Gasteiger partial charge in [-0.1, -0.05) is 12.2 Å². The Labute approximate surface area is 60.3 Å². The van der Waals surface area contributed by atoms with Gasteiger partial charge in [0.15, 0.2) is 0 Å². The van der Waals surface area contributed by atoms with Crippen LogP contribution in [0.2, 0.25) is 0 Å². The summed E-state index contributed by atoms with van der Waals surface area (Å²) in [4.78, 5) is 10.5. The third-order valence-corrected chi connectivity index (χ3v) is 1.16. The minimum Gasteiger partial charge on any atom is -0.469 e. The normalized spacial score (nSPS) is 12.3. The maximum absolute atomic E-state index is 10.5. The molecule has 0 aromatic rings. The second kappa shape index (κ2) is 4.06. The first kappa shape index (κ1) is 9.17. The summed E-state index contributed by atoms with van der Waals surface area (Å²) in [5.41, 5.74) is 0.574. The van der Waals surface area contributed by atoms with E-state index in [-0.39, 0.29) is 6.42 Å². The van der Waals surface area contributed by atoms with Gasteiger partial charge in [-0.2, -0.15) is 0 Å². The highest BCUT2D eigenvalue weighted by atomic mass is 16.5. The molecule has 0 radical (unpaired) electrons. The number of aliphatic hydroxyl groups is 1. The van der Waals surface area contributed by atoms with Crippen molar-refractivity contribution in [2.24, 2.45) is 0 Å². The van der Waals surface area contributed by atoms with Crippen molar-refractivity contribution in [3.05, 3.63) is 12.2 Å². The Hall–Kier alpha value is -0.830. The zero-order valence-electron chi connectivity index (χ0n) is 6.26. The Balaban J connectivity index is 3.68. The first-order chi connectivity index (χ1) is 4.57. The van der Waals surface area contributed by atoms with Crippen LogP contribution < -0.4 is 0 Å². The van der Waals surface area contributed by atoms with Crippen molar-refractivity contribution >= 4 is 5.97 Å². The highest BCUT2D eigenvalue weighted by molar-refractivity contribution is 5.70. The van der Waals surface area contributed by atoms with E-state index in [9.17, 15) is 4.79 Å². The van der Waals surface area contributed by atoms with E-state index >= 15 is 0 Å². The van der Waals surface area contributed by atoms with Gasteiger partial charge in [-0.3, -0.25) is 4.79 Å². The van der Waals surface area contributed by atoms with Crippen LogP contribution in [-0.2, 0) is 9.53 Å². The Morgan fingerprint density at radius 3 is 2.60 bits per heavy atom. The van der Waals surface area contributed by atoms with E-state index < -0.39 is 12.1 Å². The van der Waals surface area contributed by atoms with E-state index in [0.29, 0.717) is 5.57 Å². The molecule has 1 atom stereocenters. The van der Waals surface area contributed by atoms with E-state index in [2.05, 4.69) is 11.3 Å². The number of esters is 1. The molecule has 0 rings (SSSR count). The molecule has 0 aliphatic heterocycles. The van der Waals surface area contributed by atoms with Crippen LogP contribution in [0.25, 0.3) is 0 Å². The van der Waals surface area contributed by atoms with Crippen LogP contribution in [0.15, 0.2) is 12.2 Å². The summed E-state index contributed by atoms with van der Waals surface area (Å²) in [6.07, 6.45) is -0.779. The van der Waals surface area contributed by atoms with Crippen LogP contribution in [0.5, 0.6) is 0 Å². The first-order valence-electron chi connectivity index (χ1n) is 2.98. The molecule has 58 valence electrons. The molecule has 0 spiro atoms. The van der Waals surface area contributed by atoms with Gasteiger partial charge in [-0.15, -0.1) is 0 Å². The Kier molecular flexibility index (Phi) is 3.72. The van der Waals surface area contributed by atoms with Gasteiger partial charge in [-0.25, -0.2) is 0 Å². The van der Waals surface area contributed by atoms with Gasteiger partial charge in [0.05, 0.1) is 19.6 Å². The number of carbonyl (C=O) groups is 1. The predicted molar refractivity (Wildman–Crippen MR) is 37.5 cm³/mol. The molecular weight excluding hydrogens is 132 g/mol. The molecule has 0 aliphatic carbocycles. The third kappa shape index (κ3) is 3.25. The molecule has 0 saturated heterocycles. The highest BCUT2D eigenvalue weighted by Crippen LogP contribution is 2.02. The molecule has 0 aromatic carbocycles. The van der Waals surface area contributed by atoms with Crippen LogP contribution in [0.4, 0.5) is 0 Å². The first-order valence-corrected chi connectivity index (χ1v) is 2.98. The molecule has 0 fully saturated rings. The van der Waals surface area contributed by atoms with Crippen LogP contribution >= 0.6 is 0 Å². The predicted octanol–water partition coefficient (Wildman–Crippen LogP) is 0.486. The minimum absolute atomic E-state index is 0.00810. The van der Waals surface area contributed by atoms with Crippen molar-refractivity contribution in [3.8, 4) is 0 Å². The van der Waals surface area contributed by atoms with Crippen molar-refractivity contribution in [1.29, 1.82) is 0 Å². The van der Waals surface area contributed by atoms with E-state index in [1.54, 1.807) is 6.92 Å². The molecule has 3 heteroatoms. The molecule has 10 heavy (non-hydrogen) atoms. The Bertz CT molecular complexity index is 140. The van der Waals surface area contributed by atoms with Crippen molar-refractivity contribution in [1.82, 2.24) is 0 Å². The van der Waals surface area contributed by atoms with Gasteiger partial charge < -0.3 is 9.84 Å². The standard InChI is InChI=1S/C7H12O3/c1-5(2)6(8)4-7(9)10-3/h6,8H,1,4H2,2-3H3/t6-/m0/s1. The molecule has 0 saturated carbocycles. The Morgan fingerprint density at radius 2 is 2.30 bits per heavy atom. The average molecular weight is 144 g/mol. The van der Waals surface area contributed by atoms with Gasteiger partial charge in [0.25, 0.3) is 0 Å². The molecule has 0 heterocycles. The number of carbonyl (C=O) groups excluding carboxylic acids is 1. The number of methoxy groups -OCH3 is 1. The second-order valence-corrected chi connectivity index (χ2v) is 2.14. The maximum atomic E-state index is 10.5. The largest absolute Gasteiger partial charge is 0.469 e. The van der Waals surface area contributed by atoms with Gasteiger partial charge >= 0.3 is 5.97 Å². The van der Waals surface area contributed by atoms with Crippen molar-refractivity contribution < 1.29 is 14.6 Å². The number of hydrogen-bond donors (Lipinski definition) is 1.